The van der Waals surface area contributed by atoms with Gasteiger partial charge < -0.3 is 17.7 Å². The molecule has 10 heteroatoms. The molecular weight excluding hydrogens is 550 g/mol. The monoisotopic (exact) mass is 576 g/mol. The van der Waals surface area contributed by atoms with E-state index in [2.05, 4.69) is 40.3 Å². The zero-order valence-electron chi connectivity index (χ0n) is 19.4. The molecule has 3 heterocycles. The standard InChI is InChI=1S/C24H26FIN6O2/c1-15(2)27-7-8-32-21-9-16(17-13-29-31(3)14-17)12-28-19(21)5-6-23(32)30-20-10-18(33-4)11-22(34-26)24(20)25/h5-6,9-15,27H,7-8H2,1-4H3. The van der Waals surface area contributed by atoms with Crippen LogP contribution in [0.15, 0.2) is 53.9 Å². The van der Waals surface area contributed by atoms with E-state index in [9.17, 15) is 0 Å². The Morgan fingerprint density at radius 1 is 1.18 bits per heavy atom. The molecule has 3 aromatic heterocycles. The first kappa shape index (κ1) is 24.1. The summed E-state index contributed by atoms with van der Waals surface area (Å²) in [5.74, 6) is -0.0291. The molecule has 0 aliphatic rings. The van der Waals surface area contributed by atoms with E-state index in [4.69, 9.17) is 7.80 Å². The van der Waals surface area contributed by atoms with Crippen LogP contribution >= 0.6 is 23.0 Å². The van der Waals surface area contributed by atoms with Crippen LogP contribution in [0.2, 0.25) is 0 Å². The fraction of sp³-hybridized carbons (Fsp3) is 0.292. The van der Waals surface area contributed by atoms with Crippen LogP contribution in [-0.2, 0) is 13.6 Å². The predicted octanol–water partition coefficient (Wildman–Crippen LogP) is 4.54. The Morgan fingerprint density at radius 3 is 2.68 bits per heavy atom. The average Bonchev–Trinajstić information content (AvgIpc) is 3.27. The lowest BCUT2D eigenvalue weighted by Gasteiger charge is -2.15. The summed E-state index contributed by atoms with van der Waals surface area (Å²) in [5, 5.41) is 7.70. The second kappa shape index (κ2) is 10.5. The Bertz CT molecular complexity index is 1380. The van der Waals surface area contributed by atoms with Gasteiger partial charge in [-0.25, -0.2) is 9.38 Å². The second-order valence-corrected chi connectivity index (χ2v) is 8.57. The molecule has 0 fully saturated rings. The molecule has 4 aromatic rings. The molecule has 4 rings (SSSR count). The summed E-state index contributed by atoms with van der Waals surface area (Å²) in [7, 11) is 3.40. The highest BCUT2D eigenvalue weighted by atomic mass is 127. The molecule has 0 amide bonds. The molecule has 0 atom stereocenters. The van der Waals surface area contributed by atoms with Gasteiger partial charge in [0.1, 0.15) is 16.9 Å². The number of aryl methyl sites for hydroxylation is 1. The third-order valence-corrected chi connectivity index (χ3v) is 5.80. The van der Waals surface area contributed by atoms with Crippen molar-refractivity contribution in [2.75, 3.05) is 13.7 Å². The summed E-state index contributed by atoms with van der Waals surface area (Å²) in [4.78, 5) is 9.32. The van der Waals surface area contributed by atoms with E-state index in [-0.39, 0.29) is 11.4 Å². The summed E-state index contributed by atoms with van der Waals surface area (Å²) in [6, 6.07) is 9.18. The number of fused-ring (bicyclic) bond motifs is 1. The van der Waals surface area contributed by atoms with E-state index < -0.39 is 5.82 Å². The van der Waals surface area contributed by atoms with Gasteiger partial charge in [-0.1, -0.05) is 13.8 Å². The van der Waals surface area contributed by atoms with Crippen molar-refractivity contribution in [2.24, 2.45) is 12.0 Å². The number of rotatable bonds is 8. The largest absolute Gasteiger partial charge is 0.497 e. The maximum absolute atomic E-state index is 15.0. The number of halogens is 2. The van der Waals surface area contributed by atoms with Crippen molar-refractivity contribution in [1.29, 1.82) is 0 Å². The predicted molar refractivity (Wildman–Crippen MR) is 138 cm³/mol. The first-order chi connectivity index (χ1) is 16.4. The van der Waals surface area contributed by atoms with Gasteiger partial charge in [0.25, 0.3) is 0 Å². The SMILES string of the molecule is COc1cc(N=c2ccc3ncc(-c4cnn(C)c4)cc3n2CCNC(C)C)c(F)c(OI)c1. The molecule has 0 radical (unpaired) electrons. The molecule has 34 heavy (non-hydrogen) atoms. The smallest absolute Gasteiger partial charge is 0.192 e. The van der Waals surface area contributed by atoms with E-state index in [1.807, 2.05) is 36.1 Å². The molecular formula is C24H26FIN6O2. The topological polar surface area (TPSA) is 78.5 Å². The lowest BCUT2D eigenvalue weighted by Crippen LogP contribution is -2.31. The van der Waals surface area contributed by atoms with Gasteiger partial charge >= 0.3 is 0 Å². The van der Waals surface area contributed by atoms with Gasteiger partial charge in [-0.15, -0.1) is 0 Å². The second-order valence-electron chi connectivity index (χ2n) is 8.13. The minimum absolute atomic E-state index is 0.0630. The molecule has 8 nitrogen and oxygen atoms in total. The van der Waals surface area contributed by atoms with Gasteiger partial charge in [-0.3, -0.25) is 9.67 Å². The van der Waals surface area contributed by atoms with Crippen molar-refractivity contribution >= 4 is 39.7 Å². The van der Waals surface area contributed by atoms with Crippen LogP contribution in [0.4, 0.5) is 10.1 Å². The van der Waals surface area contributed by atoms with Crippen LogP contribution in [0, 0.1) is 5.82 Å². The summed E-state index contributed by atoms with van der Waals surface area (Å²) < 4.78 is 29.3. The number of nitrogens with zero attached hydrogens (tertiary/aromatic N) is 5. The van der Waals surface area contributed by atoms with Gasteiger partial charge in [-0.2, -0.15) is 5.10 Å². The maximum atomic E-state index is 15.0. The Balaban J connectivity index is 1.92. The zero-order valence-corrected chi connectivity index (χ0v) is 21.6. The molecule has 1 N–H and O–H groups in total. The van der Waals surface area contributed by atoms with Gasteiger partial charge in [0.05, 0.1) is 24.3 Å². The van der Waals surface area contributed by atoms with Crippen molar-refractivity contribution in [3.63, 3.8) is 0 Å². The number of pyridine rings is 2. The molecule has 1 aromatic carbocycles. The molecule has 0 saturated carbocycles. The molecule has 0 spiro atoms. The van der Waals surface area contributed by atoms with Crippen LogP contribution < -0.4 is 18.6 Å². The van der Waals surface area contributed by atoms with E-state index >= 15 is 4.39 Å². The molecule has 0 saturated heterocycles. The molecule has 178 valence electrons. The van der Waals surface area contributed by atoms with Crippen LogP contribution in [0.5, 0.6) is 11.5 Å². The first-order valence-corrected chi connectivity index (χ1v) is 11.7. The first-order valence-electron chi connectivity index (χ1n) is 10.8. The lowest BCUT2D eigenvalue weighted by molar-refractivity contribution is 0.411. The molecule has 0 aliphatic carbocycles. The average molecular weight is 576 g/mol. The third kappa shape index (κ3) is 5.22. The Morgan fingerprint density at radius 2 is 2.00 bits per heavy atom. The Kier molecular flexibility index (Phi) is 7.47. The number of methoxy groups -OCH3 is 1. The van der Waals surface area contributed by atoms with Crippen LogP contribution in [0.1, 0.15) is 13.8 Å². The quantitative estimate of drug-likeness (QED) is 0.312. The minimum Gasteiger partial charge on any atom is -0.497 e. The van der Waals surface area contributed by atoms with Crippen LogP contribution in [-0.4, -0.2) is 39.0 Å². The van der Waals surface area contributed by atoms with E-state index in [0.29, 0.717) is 30.4 Å². The van der Waals surface area contributed by atoms with E-state index in [1.165, 1.54) is 13.2 Å². The van der Waals surface area contributed by atoms with Gasteiger partial charge in [0.2, 0.25) is 0 Å². The normalized spacial score (nSPS) is 12.0. The van der Waals surface area contributed by atoms with Crippen molar-refractivity contribution in [1.82, 2.24) is 24.6 Å². The van der Waals surface area contributed by atoms with Crippen molar-refractivity contribution in [3.05, 3.63) is 60.2 Å². The summed E-state index contributed by atoms with van der Waals surface area (Å²) >= 11 is 1.65. The zero-order chi connectivity index (χ0) is 24.2. The summed E-state index contributed by atoms with van der Waals surface area (Å²) in [5.41, 5.74) is 4.34. The fourth-order valence-corrected chi connectivity index (χ4v) is 3.96. The van der Waals surface area contributed by atoms with Crippen molar-refractivity contribution in [3.8, 4) is 22.6 Å². The van der Waals surface area contributed by atoms with Gasteiger partial charge in [0.15, 0.2) is 34.6 Å². The highest BCUT2D eigenvalue weighted by molar-refractivity contribution is 14.1. The molecule has 0 unspecified atom stereocenters. The highest BCUT2D eigenvalue weighted by Gasteiger charge is 2.13. The number of nitrogens with one attached hydrogen (secondary N) is 1. The van der Waals surface area contributed by atoms with Crippen molar-refractivity contribution < 1.29 is 12.2 Å². The van der Waals surface area contributed by atoms with Crippen LogP contribution in [0.25, 0.3) is 22.2 Å². The molecule has 0 bridgehead atoms. The number of ether oxygens (including phenoxy) is 1. The van der Waals surface area contributed by atoms with Gasteiger partial charge in [0, 0.05) is 61.8 Å². The van der Waals surface area contributed by atoms with E-state index in [1.54, 1.807) is 40.0 Å². The summed E-state index contributed by atoms with van der Waals surface area (Å²) in [6.45, 7) is 5.52. The fourth-order valence-electron chi connectivity index (χ4n) is 3.64. The summed E-state index contributed by atoms with van der Waals surface area (Å²) in [6.07, 6.45) is 5.58. The number of hydrogen-bond donors (Lipinski definition) is 1. The highest BCUT2D eigenvalue weighted by Crippen LogP contribution is 2.33. The number of benzene rings is 1. The Labute approximate surface area is 211 Å². The Hall–Kier alpha value is -2.99. The third-order valence-electron chi connectivity index (χ3n) is 5.33. The number of hydrogen-bond acceptors (Lipinski definition) is 6. The van der Waals surface area contributed by atoms with Gasteiger partial charge in [-0.05, 0) is 18.2 Å². The lowest BCUT2D eigenvalue weighted by atomic mass is 10.1. The van der Waals surface area contributed by atoms with Crippen molar-refractivity contribution in [2.45, 2.75) is 26.4 Å². The van der Waals surface area contributed by atoms with E-state index in [0.717, 1.165) is 22.2 Å². The minimum atomic E-state index is -0.551. The maximum Gasteiger partial charge on any atom is 0.192 e. The number of aromatic nitrogens is 4. The van der Waals surface area contributed by atoms with Crippen LogP contribution in [0.3, 0.4) is 0 Å². The molecule has 0 aliphatic heterocycles.